The molecule has 32 heavy (non-hydrogen) atoms. The molecular formula is C25H28N4O3. The molecule has 1 saturated heterocycles. The van der Waals surface area contributed by atoms with Gasteiger partial charge in [-0.2, -0.15) is 0 Å². The van der Waals surface area contributed by atoms with Crippen molar-refractivity contribution in [1.82, 2.24) is 19.9 Å². The van der Waals surface area contributed by atoms with Gasteiger partial charge in [-0.05, 0) is 49.8 Å². The van der Waals surface area contributed by atoms with Crippen LogP contribution in [0.5, 0.6) is 5.75 Å². The molecule has 0 unspecified atom stereocenters. The van der Waals surface area contributed by atoms with Crippen LogP contribution in [-0.2, 0) is 17.9 Å². The first-order chi connectivity index (χ1) is 15.6. The maximum Gasteiger partial charge on any atom is 0.246 e. The highest BCUT2D eigenvalue weighted by Crippen LogP contribution is 2.17. The first-order valence-corrected chi connectivity index (χ1v) is 10.8. The van der Waals surface area contributed by atoms with Crippen LogP contribution in [0, 0.1) is 13.8 Å². The standard InChI is InChI=1S/C25H28N4O3/c1-19-24(20(2)32-27-19)17-28-13-15-29(16-14-28)25(30)11-8-21-6-9-23(10-7-21)31-18-22-5-3-4-12-26-22/h3-12H,13-18H2,1-2H3/b11-8+. The number of amides is 1. The first kappa shape index (κ1) is 21.8. The summed E-state index contributed by atoms with van der Waals surface area (Å²) in [5.74, 6) is 1.68. The summed E-state index contributed by atoms with van der Waals surface area (Å²) in [4.78, 5) is 21.1. The van der Waals surface area contributed by atoms with Gasteiger partial charge in [0, 0.05) is 50.6 Å². The van der Waals surface area contributed by atoms with Gasteiger partial charge in [-0.25, -0.2) is 0 Å². The summed E-state index contributed by atoms with van der Waals surface area (Å²) in [6.45, 7) is 8.26. The Morgan fingerprint density at radius 1 is 1.09 bits per heavy atom. The molecule has 4 rings (SSSR count). The second-order valence-corrected chi connectivity index (χ2v) is 7.92. The van der Waals surface area contributed by atoms with E-state index in [1.165, 1.54) is 0 Å². The number of hydrogen-bond acceptors (Lipinski definition) is 6. The second-order valence-electron chi connectivity index (χ2n) is 7.92. The number of nitrogens with zero attached hydrogens (tertiary/aromatic N) is 4. The Morgan fingerprint density at radius 2 is 1.88 bits per heavy atom. The molecule has 1 aliphatic rings. The van der Waals surface area contributed by atoms with Crippen LogP contribution in [0.4, 0.5) is 0 Å². The number of pyridine rings is 1. The summed E-state index contributed by atoms with van der Waals surface area (Å²) >= 11 is 0. The second kappa shape index (κ2) is 10.2. The van der Waals surface area contributed by atoms with Crippen LogP contribution in [0.1, 0.15) is 28.3 Å². The van der Waals surface area contributed by atoms with Crippen LogP contribution in [0.3, 0.4) is 0 Å². The van der Waals surface area contributed by atoms with Crippen molar-refractivity contribution < 1.29 is 14.1 Å². The van der Waals surface area contributed by atoms with Crippen molar-refractivity contribution in [1.29, 1.82) is 0 Å². The number of aromatic nitrogens is 2. The van der Waals surface area contributed by atoms with Gasteiger partial charge in [0.2, 0.25) is 5.91 Å². The smallest absolute Gasteiger partial charge is 0.246 e. The number of rotatable bonds is 7. The van der Waals surface area contributed by atoms with Crippen molar-refractivity contribution in [2.24, 2.45) is 0 Å². The molecule has 0 saturated carbocycles. The predicted octanol–water partition coefficient (Wildman–Crippen LogP) is 3.62. The minimum Gasteiger partial charge on any atom is -0.487 e. The molecule has 0 radical (unpaired) electrons. The summed E-state index contributed by atoms with van der Waals surface area (Å²) < 4.78 is 11.0. The van der Waals surface area contributed by atoms with Crippen molar-refractivity contribution in [3.63, 3.8) is 0 Å². The van der Waals surface area contributed by atoms with E-state index in [1.807, 2.05) is 67.3 Å². The van der Waals surface area contributed by atoms with Gasteiger partial charge in [0.05, 0.1) is 11.4 Å². The fourth-order valence-corrected chi connectivity index (χ4v) is 3.67. The lowest BCUT2D eigenvalue weighted by atomic mass is 10.1. The topological polar surface area (TPSA) is 71.7 Å². The van der Waals surface area contributed by atoms with Crippen molar-refractivity contribution in [3.8, 4) is 5.75 Å². The highest BCUT2D eigenvalue weighted by Gasteiger charge is 2.21. The highest BCUT2D eigenvalue weighted by molar-refractivity contribution is 5.91. The van der Waals surface area contributed by atoms with E-state index < -0.39 is 0 Å². The molecule has 1 aromatic carbocycles. The van der Waals surface area contributed by atoms with Gasteiger partial charge in [-0.1, -0.05) is 23.4 Å². The van der Waals surface area contributed by atoms with Crippen LogP contribution >= 0.6 is 0 Å². The van der Waals surface area contributed by atoms with Gasteiger partial charge < -0.3 is 14.2 Å². The number of piperazine rings is 1. The van der Waals surface area contributed by atoms with E-state index in [1.54, 1.807) is 12.3 Å². The highest BCUT2D eigenvalue weighted by atomic mass is 16.5. The van der Waals surface area contributed by atoms with E-state index in [-0.39, 0.29) is 5.91 Å². The molecule has 2 aromatic heterocycles. The zero-order valence-corrected chi connectivity index (χ0v) is 18.5. The fourth-order valence-electron chi connectivity index (χ4n) is 3.67. The molecule has 0 spiro atoms. The summed E-state index contributed by atoms with van der Waals surface area (Å²) in [6.07, 6.45) is 5.25. The van der Waals surface area contributed by atoms with Gasteiger partial charge in [-0.15, -0.1) is 0 Å². The van der Waals surface area contributed by atoms with E-state index in [4.69, 9.17) is 9.26 Å². The first-order valence-electron chi connectivity index (χ1n) is 10.8. The number of aryl methyl sites for hydroxylation is 2. The van der Waals surface area contributed by atoms with Crippen LogP contribution in [-0.4, -0.2) is 52.0 Å². The van der Waals surface area contributed by atoms with Gasteiger partial charge in [0.25, 0.3) is 0 Å². The number of ether oxygens (including phenoxy) is 1. The average Bonchev–Trinajstić information content (AvgIpc) is 3.15. The summed E-state index contributed by atoms with van der Waals surface area (Å²) in [7, 11) is 0. The minimum atomic E-state index is 0.0393. The molecular weight excluding hydrogens is 404 g/mol. The van der Waals surface area contributed by atoms with Gasteiger partial charge in [0.15, 0.2) is 0 Å². The van der Waals surface area contributed by atoms with Crippen LogP contribution in [0.2, 0.25) is 0 Å². The minimum absolute atomic E-state index is 0.0393. The molecule has 3 heterocycles. The van der Waals surface area contributed by atoms with E-state index in [9.17, 15) is 4.79 Å². The third-order valence-corrected chi connectivity index (χ3v) is 5.66. The van der Waals surface area contributed by atoms with Crippen molar-refractivity contribution in [2.75, 3.05) is 26.2 Å². The number of hydrogen-bond donors (Lipinski definition) is 0. The summed E-state index contributed by atoms with van der Waals surface area (Å²) in [5, 5.41) is 4.02. The molecule has 7 nitrogen and oxygen atoms in total. The Kier molecular flexibility index (Phi) is 6.97. The monoisotopic (exact) mass is 432 g/mol. The Balaban J connectivity index is 1.24. The Hall–Kier alpha value is -3.45. The predicted molar refractivity (Wildman–Crippen MR) is 122 cm³/mol. The average molecular weight is 433 g/mol. The molecule has 7 heteroatoms. The molecule has 0 atom stereocenters. The zero-order chi connectivity index (χ0) is 22.3. The molecule has 3 aromatic rings. The fraction of sp³-hybridized carbons (Fsp3) is 0.320. The molecule has 166 valence electrons. The van der Waals surface area contributed by atoms with Gasteiger partial charge >= 0.3 is 0 Å². The third-order valence-electron chi connectivity index (χ3n) is 5.66. The lowest BCUT2D eigenvalue weighted by Crippen LogP contribution is -2.47. The van der Waals surface area contributed by atoms with Crippen molar-refractivity contribution in [2.45, 2.75) is 27.0 Å². The van der Waals surface area contributed by atoms with Crippen LogP contribution in [0.25, 0.3) is 6.08 Å². The lowest BCUT2D eigenvalue weighted by molar-refractivity contribution is -0.127. The molecule has 1 aliphatic heterocycles. The molecule has 0 aliphatic carbocycles. The summed E-state index contributed by atoms with van der Waals surface area (Å²) in [6, 6.07) is 13.4. The molecule has 1 amide bonds. The Morgan fingerprint density at radius 3 is 2.53 bits per heavy atom. The molecule has 0 bridgehead atoms. The van der Waals surface area contributed by atoms with E-state index in [2.05, 4.69) is 15.0 Å². The number of carbonyl (C=O) groups excluding carboxylic acids is 1. The quantitative estimate of drug-likeness (QED) is 0.531. The summed E-state index contributed by atoms with van der Waals surface area (Å²) in [5.41, 5.74) is 3.93. The van der Waals surface area contributed by atoms with Crippen molar-refractivity contribution >= 4 is 12.0 Å². The van der Waals surface area contributed by atoms with Gasteiger partial charge in [0.1, 0.15) is 18.1 Å². The normalized spacial score (nSPS) is 14.8. The van der Waals surface area contributed by atoms with E-state index >= 15 is 0 Å². The largest absolute Gasteiger partial charge is 0.487 e. The SMILES string of the molecule is Cc1noc(C)c1CN1CCN(C(=O)/C=C/c2ccc(OCc3ccccn3)cc2)CC1. The van der Waals surface area contributed by atoms with Gasteiger partial charge in [-0.3, -0.25) is 14.7 Å². The van der Waals surface area contributed by atoms with Crippen LogP contribution in [0.15, 0.2) is 59.3 Å². The Bertz CT molecular complexity index is 1030. The zero-order valence-electron chi connectivity index (χ0n) is 18.5. The Labute approximate surface area is 188 Å². The maximum absolute atomic E-state index is 12.6. The molecule has 1 fully saturated rings. The van der Waals surface area contributed by atoms with E-state index in [0.29, 0.717) is 19.7 Å². The van der Waals surface area contributed by atoms with E-state index in [0.717, 1.165) is 53.7 Å². The maximum atomic E-state index is 12.6. The van der Waals surface area contributed by atoms with Crippen LogP contribution < -0.4 is 4.74 Å². The van der Waals surface area contributed by atoms with Crippen molar-refractivity contribution in [3.05, 3.63) is 83.0 Å². The number of carbonyl (C=O) groups is 1. The number of benzene rings is 1. The third kappa shape index (κ3) is 5.62. The molecule has 0 N–H and O–H groups in total. The lowest BCUT2D eigenvalue weighted by Gasteiger charge is -2.34.